The van der Waals surface area contributed by atoms with E-state index in [4.69, 9.17) is 0 Å². The van der Waals surface area contributed by atoms with E-state index in [1.54, 1.807) is 30.3 Å². The number of aromatic amines is 1. The van der Waals surface area contributed by atoms with E-state index < -0.39 is 5.97 Å². The predicted octanol–water partition coefficient (Wildman–Crippen LogP) is 1.77. The molecule has 2 heterocycles. The minimum atomic E-state index is -0.394. The van der Waals surface area contributed by atoms with Crippen LogP contribution in [-0.2, 0) is 4.74 Å². The van der Waals surface area contributed by atoms with E-state index in [9.17, 15) is 9.59 Å². The molecule has 0 spiro atoms. The van der Waals surface area contributed by atoms with Crippen molar-refractivity contribution in [2.45, 2.75) is 0 Å². The lowest BCUT2D eigenvalue weighted by Crippen LogP contribution is -2.04. The van der Waals surface area contributed by atoms with Crippen molar-refractivity contribution in [3.05, 3.63) is 58.5 Å². The number of fused-ring (bicyclic) bond motifs is 1. The first kappa shape index (κ1) is 13.0. The molecule has 6 nitrogen and oxygen atoms in total. The summed E-state index contributed by atoms with van der Waals surface area (Å²) in [6.45, 7) is 0. The summed E-state index contributed by atoms with van der Waals surface area (Å²) in [6, 6.07) is 9.99. The van der Waals surface area contributed by atoms with Gasteiger partial charge in [0.25, 0.3) is 0 Å². The summed E-state index contributed by atoms with van der Waals surface area (Å²) in [4.78, 5) is 25.5. The van der Waals surface area contributed by atoms with Gasteiger partial charge >= 0.3 is 5.97 Å². The molecule has 104 valence electrons. The second-order valence-corrected chi connectivity index (χ2v) is 4.41. The molecule has 0 saturated carbocycles. The van der Waals surface area contributed by atoms with E-state index in [0.29, 0.717) is 16.8 Å². The van der Waals surface area contributed by atoms with Crippen LogP contribution in [0.4, 0.5) is 0 Å². The Morgan fingerprint density at radius 2 is 1.90 bits per heavy atom. The van der Waals surface area contributed by atoms with Crippen molar-refractivity contribution < 1.29 is 9.53 Å². The van der Waals surface area contributed by atoms with Crippen molar-refractivity contribution >= 4 is 16.9 Å². The van der Waals surface area contributed by atoms with Crippen LogP contribution in [0.5, 0.6) is 0 Å². The van der Waals surface area contributed by atoms with Gasteiger partial charge in [-0.05, 0) is 18.2 Å². The van der Waals surface area contributed by atoms with Gasteiger partial charge in [-0.2, -0.15) is 5.10 Å². The fourth-order valence-corrected chi connectivity index (χ4v) is 2.09. The van der Waals surface area contributed by atoms with Crippen LogP contribution in [0.25, 0.3) is 22.2 Å². The number of pyridine rings is 1. The van der Waals surface area contributed by atoms with Crippen LogP contribution in [-0.4, -0.2) is 28.3 Å². The lowest BCUT2D eigenvalue weighted by molar-refractivity contribution is 0.0601. The number of rotatable bonds is 2. The number of H-pyrrole nitrogens is 1. The van der Waals surface area contributed by atoms with Crippen molar-refractivity contribution in [3.63, 3.8) is 0 Å². The Balaban J connectivity index is 2.12. The van der Waals surface area contributed by atoms with Gasteiger partial charge in [-0.3, -0.25) is 4.79 Å². The normalized spacial score (nSPS) is 10.5. The van der Waals surface area contributed by atoms with Crippen molar-refractivity contribution in [1.29, 1.82) is 0 Å². The SMILES string of the molecule is COC(=O)c1ccc(-c2nncc3[nH]c(=O)ccc23)cc1. The molecule has 0 atom stereocenters. The highest BCUT2D eigenvalue weighted by molar-refractivity contribution is 5.93. The topological polar surface area (TPSA) is 84.9 Å². The monoisotopic (exact) mass is 281 g/mol. The maximum absolute atomic E-state index is 11.4. The fourth-order valence-electron chi connectivity index (χ4n) is 2.09. The maximum Gasteiger partial charge on any atom is 0.337 e. The molecule has 0 saturated heterocycles. The highest BCUT2D eigenvalue weighted by Gasteiger charge is 2.09. The number of nitrogens with one attached hydrogen (secondary N) is 1. The van der Waals surface area contributed by atoms with Crippen molar-refractivity contribution in [3.8, 4) is 11.3 Å². The summed E-state index contributed by atoms with van der Waals surface area (Å²) in [6.07, 6.45) is 1.50. The molecule has 1 aromatic carbocycles. The molecule has 0 aliphatic heterocycles. The van der Waals surface area contributed by atoms with Gasteiger partial charge in [0.2, 0.25) is 5.56 Å². The first-order valence-corrected chi connectivity index (χ1v) is 6.22. The van der Waals surface area contributed by atoms with Crippen LogP contribution in [0, 0.1) is 0 Å². The van der Waals surface area contributed by atoms with Gasteiger partial charge in [0.05, 0.1) is 24.4 Å². The van der Waals surface area contributed by atoms with Gasteiger partial charge in [0.1, 0.15) is 5.69 Å². The molecule has 0 fully saturated rings. The van der Waals surface area contributed by atoms with Gasteiger partial charge in [-0.25, -0.2) is 4.79 Å². The Labute approximate surface area is 119 Å². The third-order valence-electron chi connectivity index (χ3n) is 3.13. The van der Waals surface area contributed by atoms with Gasteiger partial charge in [-0.15, -0.1) is 5.10 Å². The number of nitrogens with zero attached hydrogens (tertiary/aromatic N) is 2. The third kappa shape index (κ3) is 2.38. The summed E-state index contributed by atoms with van der Waals surface area (Å²) >= 11 is 0. The zero-order valence-corrected chi connectivity index (χ0v) is 11.2. The highest BCUT2D eigenvalue weighted by atomic mass is 16.5. The average Bonchev–Trinajstić information content (AvgIpc) is 2.53. The quantitative estimate of drug-likeness (QED) is 0.724. The first-order valence-electron chi connectivity index (χ1n) is 6.22. The third-order valence-corrected chi connectivity index (χ3v) is 3.13. The maximum atomic E-state index is 11.4. The lowest BCUT2D eigenvalue weighted by Gasteiger charge is -2.05. The van der Waals surface area contributed by atoms with E-state index >= 15 is 0 Å². The molecular formula is C15H11N3O3. The molecule has 0 bridgehead atoms. The summed E-state index contributed by atoms with van der Waals surface area (Å²) < 4.78 is 4.66. The predicted molar refractivity (Wildman–Crippen MR) is 76.9 cm³/mol. The van der Waals surface area contributed by atoms with E-state index in [1.165, 1.54) is 19.4 Å². The van der Waals surface area contributed by atoms with E-state index in [1.807, 2.05) is 0 Å². The zero-order chi connectivity index (χ0) is 14.8. The summed E-state index contributed by atoms with van der Waals surface area (Å²) in [5, 5.41) is 8.79. The average molecular weight is 281 g/mol. The van der Waals surface area contributed by atoms with Crippen LogP contribution in [0.3, 0.4) is 0 Å². The highest BCUT2D eigenvalue weighted by Crippen LogP contribution is 2.24. The van der Waals surface area contributed by atoms with Gasteiger partial charge in [0, 0.05) is 17.0 Å². The zero-order valence-electron chi connectivity index (χ0n) is 11.2. The van der Waals surface area contributed by atoms with Gasteiger partial charge < -0.3 is 9.72 Å². The van der Waals surface area contributed by atoms with E-state index in [0.717, 1.165) is 10.9 Å². The molecule has 3 rings (SSSR count). The number of carbonyl (C=O) groups excluding carboxylic acids is 1. The first-order chi connectivity index (χ1) is 10.2. The number of hydrogen-bond donors (Lipinski definition) is 1. The second-order valence-electron chi connectivity index (χ2n) is 4.41. The molecule has 0 radical (unpaired) electrons. The molecular weight excluding hydrogens is 270 g/mol. The van der Waals surface area contributed by atoms with Crippen LogP contribution in [0.15, 0.2) is 47.4 Å². The number of aromatic nitrogens is 3. The van der Waals surface area contributed by atoms with E-state index in [-0.39, 0.29) is 5.56 Å². The molecule has 0 aliphatic rings. The summed E-state index contributed by atoms with van der Waals surface area (Å²) in [5.41, 5.74) is 2.32. The minimum Gasteiger partial charge on any atom is -0.465 e. The lowest BCUT2D eigenvalue weighted by atomic mass is 10.1. The Morgan fingerprint density at radius 1 is 1.14 bits per heavy atom. The Hall–Kier alpha value is -3.02. The van der Waals surface area contributed by atoms with Crippen molar-refractivity contribution in [1.82, 2.24) is 15.2 Å². The number of esters is 1. The number of ether oxygens (including phenoxy) is 1. The molecule has 0 unspecified atom stereocenters. The fraction of sp³-hybridized carbons (Fsp3) is 0.0667. The van der Waals surface area contributed by atoms with Crippen molar-refractivity contribution in [2.24, 2.45) is 0 Å². The van der Waals surface area contributed by atoms with E-state index in [2.05, 4.69) is 19.9 Å². The number of benzene rings is 1. The Morgan fingerprint density at radius 3 is 2.62 bits per heavy atom. The number of methoxy groups -OCH3 is 1. The standard InChI is InChI=1S/C15H11N3O3/c1-21-15(20)10-4-2-9(3-5-10)14-11-6-7-13(19)17-12(11)8-16-18-14/h2-8H,1H3,(H,17,19). The summed E-state index contributed by atoms with van der Waals surface area (Å²) in [5.74, 6) is -0.394. The molecule has 3 aromatic rings. The molecule has 21 heavy (non-hydrogen) atoms. The molecule has 0 aliphatic carbocycles. The Kier molecular flexibility index (Phi) is 3.19. The summed E-state index contributed by atoms with van der Waals surface area (Å²) in [7, 11) is 1.34. The largest absolute Gasteiger partial charge is 0.465 e. The van der Waals surface area contributed by atoms with Gasteiger partial charge in [-0.1, -0.05) is 12.1 Å². The van der Waals surface area contributed by atoms with Crippen LogP contribution in [0.2, 0.25) is 0 Å². The smallest absolute Gasteiger partial charge is 0.337 e. The molecule has 2 aromatic heterocycles. The van der Waals surface area contributed by atoms with Crippen molar-refractivity contribution in [2.75, 3.05) is 7.11 Å². The second kappa shape index (κ2) is 5.16. The van der Waals surface area contributed by atoms with Gasteiger partial charge in [0.15, 0.2) is 0 Å². The minimum absolute atomic E-state index is 0.192. The van der Waals surface area contributed by atoms with Crippen LogP contribution < -0.4 is 5.56 Å². The van der Waals surface area contributed by atoms with Crippen LogP contribution >= 0.6 is 0 Å². The molecule has 1 N–H and O–H groups in total. The van der Waals surface area contributed by atoms with Crippen LogP contribution in [0.1, 0.15) is 10.4 Å². The molecule has 6 heteroatoms. The number of hydrogen-bond acceptors (Lipinski definition) is 5. The number of carbonyl (C=O) groups is 1. The molecule has 0 amide bonds. The Bertz CT molecular complexity index is 869.